The van der Waals surface area contributed by atoms with Crippen LogP contribution < -0.4 is 10.6 Å². The minimum absolute atomic E-state index is 0.0681. The smallest absolute Gasteiger partial charge is 0.394 e. The molecule has 0 spiro atoms. The van der Waals surface area contributed by atoms with E-state index in [0.717, 1.165) is 53.4 Å². The van der Waals surface area contributed by atoms with Crippen LogP contribution in [-0.2, 0) is 31.9 Å². The monoisotopic (exact) mass is 1610 g/mol. The molecule has 28 heteroatoms. The van der Waals surface area contributed by atoms with E-state index in [-0.39, 0.29) is 74.4 Å². The summed E-state index contributed by atoms with van der Waals surface area (Å²) in [6.45, 7) is -0.930. The maximum absolute atomic E-state index is 15.2. The van der Waals surface area contributed by atoms with Gasteiger partial charge < -0.3 is 30.0 Å². The zero-order chi connectivity index (χ0) is 76.2. The molecule has 3 N–H and O–H groups in total. The molecule has 12 atom stereocenters. The highest BCUT2D eigenvalue weighted by atomic mass is 35.6. The average Bonchev–Trinajstić information content (AvgIpc) is 0.741. The second kappa shape index (κ2) is 49.2. The summed E-state index contributed by atoms with van der Waals surface area (Å²) >= 11 is 16.6. The van der Waals surface area contributed by atoms with Crippen molar-refractivity contribution < 1.29 is 55.2 Å². The lowest BCUT2D eigenvalue weighted by Crippen LogP contribution is -2.55. The van der Waals surface area contributed by atoms with Crippen LogP contribution >= 0.6 is 108 Å². The molecular formula is C77H58BCl3F6N4O6P6S2. The Morgan fingerprint density at radius 1 is 0.543 bits per heavy atom. The lowest BCUT2D eigenvalue weighted by Gasteiger charge is -2.49. The van der Waals surface area contributed by atoms with Crippen LogP contribution in [0.15, 0.2) is 137 Å². The summed E-state index contributed by atoms with van der Waals surface area (Å²) < 4.78 is 104. The molecule has 10 nitrogen and oxygen atoms in total. The summed E-state index contributed by atoms with van der Waals surface area (Å²) in [6, 6.07) is 33.2. The molecule has 4 aliphatic heterocycles. The third-order valence-electron chi connectivity index (χ3n) is 14.3. The number of nitrogens with zero attached hydrogens (tertiary/aromatic N) is 2. The molecule has 0 aliphatic carbocycles. The van der Waals surface area contributed by atoms with Crippen molar-refractivity contribution in [1.82, 2.24) is 10.6 Å². The molecule has 4 aliphatic rings. The first-order valence-corrected chi connectivity index (χ1v) is 43.3. The Labute approximate surface area is 644 Å². The Morgan fingerprint density at radius 3 is 1.18 bits per heavy atom. The second-order valence-electron chi connectivity index (χ2n) is 21.0. The summed E-state index contributed by atoms with van der Waals surface area (Å²) in [6.07, 6.45) is 9.53. The third kappa shape index (κ3) is 30.6. The van der Waals surface area contributed by atoms with E-state index in [9.17, 15) is 36.6 Å². The SMILES string of the molecule is C#CC#CC#CC#CC#CC#CC#CC#CC#CC#CC#CC#CC#C.ClB(Cl)Cl.O=C(NC1=N[C@@]2(c3ccc(F)cc3F)CO[C@@H](CO)C[C@H]2[C@@H](CF)S1)c1ccccc1.O=C(NC1=N[C@@]2(c3ccc(F)cc3F)CO[C@@H](COCc3ccccc3)C[C@H]2[C@@H](CF)S1)c1ccccc1.PP(P)P(P)P. The maximum Gasteiger partial charge on any atom is 0.450 e. The van der Waals surface area contributed by atoms with Crippen LogP contribution in [0.25, 0.3) is 0 Å². The van der Waals surface area contributed by atoms with Gasteiger partial charge in [0.05, 0.1) is 45.2 Å². The number of aliphatic hydroxyl groups excluding tert-OH is 1. The summed E-state index contributed by atoms with van der Waals surface area (Å²) in [7, 11) is 11.2. The zero-order valence-corrected chi connectivity index (χ0v) is 65.3. The maximum atomic E-state index is 15.2. The number of amidine groups is 2. The van der Waals surface area contributed by atoms with Gasteiger partial charge in [0.1, 0.15) is 47.7 Å². The third-order valence-corrected chi connectivity index (χ3v) is 38.0. The molecule has 2 fully saturated rings. The number of amides is 2. The number of alkyl halides is 2. The van der Waals surface area contributed by atoms with Crippen molar-refractivity contribution >= 4 is 135 Å². The Morgan fingerprint density at radius 2 is 0.867 bits per heavy atom. The number of aliphatic hydroxyl groups is 1. The molecule has 5 aromatic rings. The van der Waals surface area contributed by atoms with E-state index in [1.54, 1.807) is 60.7 Å². The van der Waals surface area contributed by atoms with Crippen LogP contribution in [0.5, 0.6) is 0 Å². The molecule has 530 valence electrons. The van der Waals surface area contributed by atoms with E-state index < -0.39 is 92.9 Å². The van der Waals surface area contributed by atoms with Crippen molar-refractivity contribution in [2.24, 2.45) is 21.8 Å². The van der Waals surface area contributed by atoms with Crippen LogP contribution in [0.4, 0.5) is 26.3 Å². The number of fused-ring (bicyclic) bond motifs is 2. The van der Waals surface area contributed by atoms with Gasteiger partial charge >= 0.3 is 4.96 Å². The molecule has 2 saturated heterocycles. The van der Waals surface area contributed by atoms with Gasteiger partial charge in [0.2, 0.25) is 0 Å². The molecule has 4 heterocycles. The molecule has 2 amide bonds. The molecular weight excluding hydrogens is 1560 g/mol. The first kappa shape index (κ1) is 87.9. The summed E-state index contributed by atoms with van der Waals surface area (Å²) in [5.74, 6) is 53.3. The topological polar surface area (TPSA) is 131 Å². The first-order valence-electron chi connectivity index (χ1n) is 30.4. The molecule has 0 bridgehead atoms. The fourth-order valence-electron chi connectivity index (χ4n) is 9.90. The highest BCUT2D eigenvalue weighted by Gasteiger charge is 2.55. The van der Waals surface area contributed by atoms with E-state index in [0.29, 0.717) is 24.2 Å². The predicted octanol–water partition coefficient (Wildman–Crippen LogP) is 14.1. The molecule has 0 saturated carbocycles. The highest BCUT2D eigenvalue weighted by Crippen LogP contribution is 2.86. The van der Waals surface area contributed by atoms with Gasteiger partial charge in [-0.2, -0.15) is 34.4 Å². The van der Waals surface area contributed by atoms with E-state index >= 15 is 4.39 Å². The second-order valence-corrected chi connectivity index (χ2v) is 45.2. The zero-order valence-electron chi connectivity index (χ0n) is 55.0. The number of nitrogens with one attached hydrogen (secondary N) is 2. The largest absolute Gasteiger partial charge is 0.450 e. The van der Waals surface area contributed by atoms with Crippen LogP contribution in [-0.4, -0.2) is 94.7 Å². The van der Waals surface area contributed by atoms with Gasteiger partial charge in [0, 0.05) is 104 Å². The fourth-order valence-corrected chi connectivity index (χ4v) is 12.3. The van der Waals surface area contributed by atoms with E-state index in [1.165, 1.54) is 12.1 Å². The van der Waals surface area contributed by atoms with Gasteiger partial charge in [0.15, 0.2) is 10.3 Å². The van der Waals surface area contributed by atoms with Crippen molar-refractivity contribution in [2.45, 2.75) is 53.2 Å². The molecule has 4 unspecified atom stereocenters. The van der Waals surface area contributed by atoms with Crippen molar-refractivity contribution in [3.8, 4) is 155 Å². The van der Waals surface area contributed by atoms with Gasteiger partial charge in [-0.15, -0.1) is 48.6 Å². The number of carbonyl (C=O) groups is 2. The summed E-state index contributed by atoms with van der Waals surface area (Å²) in [5, 5.41) is 14.0. The Kier molecular flexibility index (Phi) is 41.2. The number of terminal acetylenes is 2. The number of rotatable bonds is 12. The minimum Gasteiger partial charge on any atom is -0.394 e. The number of hydrogen-bond donors (Lipinski definition) is 3. The minimum atomic E-state index is -1.36. The number of ether oxygens (including phenoxy) is 3. The first-order chi connectivity index (χ1) is 50.7. The summed E-state index contributed by atoms with van der Waals surface area (Å²) in [4.78, 5) is 34.1. The van der Waals surface area contributed by atoms with Gasteiger partial charge in [-0.1, -0.05) is 102 Å². The van der Waals surface area contributed by atoms with E-state index in [4.69, 9.17) is 66.4 Å². The van der Waals surface area contributed by atoms with Gasteiger partial charge in [-0.25, -0.2) is 36.3 Å². The van der Waals surface area contributed by atoms with Gasteiger partial charge in [-0.05, 0) is 164 Å². The Bertz CT molecular complexity index is 4650. The van der Waals surface area contributed by atoms with Crippen molar-refractivity contribution in [3.63, 3.8) is 0 Å². The Balaban J connectivity index is 0.000000269. The van der Waals surface area contributed by atoms with Crippen LogP contribution in [0.2, 0.25) is 0 Å². The fraction of sp³-hybridized carbons (Fsp3) is 0.221. The van der Waals surface area contributed by atoms with E-state index in [2.05, 4.69) is 193 Å². The van der Waals surface area contributed by atoms with Crippen molar-refractivity contribution in [1.29, 1.82) is 0 Å². The van der Waals surface area contributed by atoms with Crippen molar-refractivity contribution in [2.75, 3.05) is 39.8 Å². The molecule has 5 aromatic carbocycles. The Hall–Kier alpha value is -7.71. The number of halogens is 9. The number of aliphatic imine (C=N–C) groups is 2. The van der Waals surface area contributed by atoms with Crippen LogP contribution in [0.1, 0.15) is 50.2 Å². The van der Waals surface area contributed by atoms with Gasteiger partial charge in [-0.3, -0.25) is 9.59 Å². The van der Waals surface area contributed by atoms with E-state index in [1.807, 2.05) is 30.3 Å². The molecule has 105 heavy (non-hydrogen) atoms. The molecule has 9 rings (SSSR count). The normalized spacial score (nSPS) is 19.0. The lowest BCUT2D eigenvalue weighted by atomic mass is 9.72. The molecule has 0 radical (unpaired) electrons. The van der Waals surface area contributed by atoms with Crippen molar-refractivity contribution in [3.05, 3.63) is 178 Å². The number of hydrogen-bond acceptors (Lipinski definition) is 10. The van der Waals surface area contributed by atoms with Gasteiger partial charge in [0.25, 0.3) is 11.8 Å². The lowest BCUT2D eigenvalue weighted by molar-refractivity contribution is -0.0981. The predicted molar refractivity (Wildman–Crippen MR) is 432 cm³/mol. The number of benzene rings is 5. The quantitative estimate of drug-likeness (QED) is 0.0487. The standard InChI is InChI=1S/C29H27F3N2O3S.C26H2.C22H21F3N2O3S.BCl3.H8P6/c30-15-26-24-14-22(17-36-16-19-7-3-1-4-8-19)37-18-29(24,23-12-11-21(31)13-25(23)32)34-28(38-26)33-27(35)20-9-5-2-6-10-20;1-3-5-7-9-11-13-15-17-19-21-23-25-26-24-22-20-18-16-14-12-10-8-6-4-2;23-10-19-17-9-15(11-28)30-12-22(17,16-7-6-14(24)8-18(16)25)27-21(31-19)26-20(29)13-4-2-1-3-5-13;2-1(3)4;1-5(2)6(3)4/h1-13,22,24,26H,14-18H2,(H,33,34,35);1-2H;1-8,15,17,19,28H,9-12H2,(H,26,27,29);;1-4H2/t22-,24+,26-,29-;;15-,17+,19-,22-;;/m1.1../s1. The number of carbonyl (C=O) groups excluding carboxylic acids is 2. The van der Waals surface area contributed by atoms with Crippen LogP contribution in [0.3, 0.4) is 0 Å². The van der Waals surface area contributed by atoms with Crippen LogP contribution in [0, 0.1) is 190 Å². The average molecular weight is 1620 g/mol. The highest BCUT2D eigenvalue weighted by molar-refractivity contribution is 8.92. The number of thioether (sulfide) groups is 2. The molecule has 0 aromatic heterocycles. The summed E-state index contributed by atoms with van der Waals surface area (Å²) in [5.41, 5.74) is -0.693.